The van der Waals surface area contributed by atoms with E-state index in [4.69, 9.17) is 0 Å². The molecule has 80 valence electrons. The summed E-state index contributed by atoms with van der Waals surface area (Å²) in [4.78, 5) is 11.8. The Labute approximate surface area is 89.4 Å². The minimum absolute atomic E-state index is 0.0561. The van der Waals surface area contributed by atoms with E-state index in [1.807, 2.05) is 11.8 Å². The minimum atomic E-state index is 0.0561. The quantitative estimate of drug-likeness (QED) is 0.707. The molecule has 0 aromatic heterocycles. The van der Waals surface area contributed by atoms with Gasteiger partial charge in [-0.05, 0) is 31.1 Å². The average Bonchev–Trinajstić information content (AvgIpc) is 2.75. The van der Waals surface area contributed by atoms with E-state index in [9.17, 15) is 4.79 Å². The second-order valence-corrected chi connectivity index (χ2v) is 5.42. The first-order valence-corrected chi connectivity index (χ1v) is 6.54. The second kappa shape index (κ2) is 4.53. The number of thioether (sulfide) groups is 1. The Kier molecular flexibility index (Phi) is 3.34. The summed E-state index contributed by atoms with van der Waals surface area (Å²) in [6.45, 7) is 3.13. The van der Waals surface area contributed by atoms with Gasteiger partial charge >= 0.3 is 0 Å². The van der Waals surface area contributed by atoms with Crippen molar-refractivity contribution in [3.63, 3.8) is 0 Å². The third-order valence-corrected chi connectivity index (χ3v) is 4.25. The van der Waals surface area contributed by atoms with Crippen LogP contribution in [0.3, 0.4) is 0 Å². The fraction of sp³-hybridized carbons (Fsp3) is 0.900. The van der Waals surface area contributed by atoms with Crippen LogP contribution in [-0.2, 0) is 4.79 Å². The standard InChI is InChI=1S/C10H18N2OS/c1-7-2-4-11-9(7)10(13)12-8-3-5-14-6-8/h7-9,11H,2-6H2,1H3,(H,12,13). The van der Waals surface area contributed by atoms with Gasteiger partial charge in [-0.15, -0.1) is 0 Å². The lowest BCUT2D eigenvalue weighted by Crippen LogP contribution is -2.47. The third-order valence-electron chi connectivity index (χ3n) is 3.09. The number of carbonyl (C=O) groups is 1. The number of amides is 1. The molecule has 0 bridgehead atoms. The summed E-state index contributed by atoms with van der Waals surface area (Å²) in [5, 5.41) is 6.39. The molecule has 2 rings (SSSR count). The summed E-state index contributed by atoms with van der Waals surface area (Å²) in [6.07, 6.45) is 2.26. The predicted octanol–water partition coefficient (Wildman–Crippen LogP) is 0.606. The molecule has 0 aromatic rings. The van der Waals surface area contributed by atoms with E-state index in [1.165, 1.54) is 5.75 Å². The normalized spacial score (nSPS) is 37.4. The maximum atomic E-state index is 11.8. The zero-order valence-electron chi connectivity index (χ0n) is 8.58. The van der Waals surface area contributed by atoms with E-state index < -0.39 is 0 Å². The largest absolute Gasteiger partial charge is 0.351 e. The number of carbonyl (C=O) groups excluding carboxylic acids is 1. The average molecular weight is 214 g/mol. The lowest BCUT2D eigenvalue weighted by Gasteiger charge is -2.18. The molecule has 0 radical (unpaired) electrons. The van der Waals surface area contributed by atoms with Gasteiger partial charge in [0.15, 0.2) is 0 Å². The summed E-state index contributed by atoms with van der Waals surface area (Å²) in [5.41, 5.74) is 0. The topological polar surface area (TPSA) is 41.1 Å². The molecule has 0 aliphatic carbocycles. The number of hydrogen-bond acceptors (Lipinski definition) is 3. The van der Waals surface area contributed by atoms with E-state index in [-0.39, 0.29) is 11.9 Å². The zero-order chi connectivity index (χ0) is 9.97. The van der Waals surface area contributed by atoms with Crippen LogP contribution in [-0.4, -0.2) is 36.0 Å². The molecule has 1 amide bonds. The highest BCUT2D eigenvalue weighted by Gasteiger charge is 2.30. The SMILES string of the molecule is CC1CCNC1C(=O)NC1CCSC1. The summed E-state index contributed by atoms with van der Waals surface area (Å²) >= 11 is 1.93. The first-order chi connectivity index (χ1) is 6.77. The highest BCUT2D eigenvalue weighted by molar-refractivity contribution is 7.99. The molecule has 3 atom stereocenters. The van der Waals surface area contributed by atoms with Crippen molar-refractivity contribution < 1.29 is 4.79 Å². The molecular weight excluding hydrogens is 196 g/mol. The molecule has 0 spiro atoms. The van der Waals surface area contributed by atoms with Gasteiger partial charge in [0.05, 0.1) is 6.04 Å². The van der Waals surface area contributed by atoms with E-state index in [2.05, 4.69) is 17.6 Å². The van der Waals surface area contributed by atoms with Gasteiger partial charge in [0.25, 0.3) is 0 Å². The molecule has 2 aliphatic rings. The van der Waals surface area contributed by atoms with Crippen molar-refractivity contribution in [2.24, 2.45) is 5.92 Å². The predicted molar refractivity (Wildman–Crippen MR) is 59.4 cm³/mol. The maximum absolute atomic E-state index is 11.8. The smallest absolute Gasteiger partial charge is 0.237 e. The molecule has 2 aliphatic heterocycles. The molecule has 2 saturated heterocycles. The van der Waals surface area contributed by atoms with E-state index in [0.717, 1.165) is 25.1 Å². The fourth-order valence-corrected chi connectivity index (χ4v) is 3.28. The summed E-state index contributed by atoms with van der Waals surface area (Å²) in [5.74, 6) is 2.98. The van der Waals surface area contributed by atoms with Crippen LogP contribution >= 0.6 is 11.8 Å². The van der Waals surface area contributed by atoms with Crippen LogP contribution in [0.5, 0.6) is 0 Å². The molecule has 4 heteroatoms. The Morgan fingerprint density at radius 2 is 2.36 bits per heavy atom. The van der Waals surface area contributed by atoms with Crippen LogP contribution in [0.15, 0.2) is 0 Å². The van der Waals surface area contributed by atoms with Crippen molar-refractivity contribution in [3.8, 4) is 0 Å². The van der Waals surface area contributed by atoms with Gasteiger partial charge < -0.3 is 10.6 Å². The van der Waals surface area contributed by atoms with Gasteiger partial charge in [-0.3, -0.25) is 4.79 Å². The number of rotatable bonds is 2. The van der Waals surface area contributed by atoms with E-state index >= 15 is 0 Å². The molecule has 2 N–H and O–H groups in total. The summed E-state index contributed by atoms with van der Waals surface area (Å²) < 4.78 is 0. The first kappa shape index (κ1) is 10.3. The third kappa shape index (κ3) is 2.23. The molecule has 3 nitrogen and oxygen atoms in total. The van der Waals surface area contributed by atoms with Crippen molar-refractivity contribution in [2.75, 3.05) is 18.1 Å². The van der Waals surface area contributed by atoms with Crippen LogP contribution in [0.1, 0.15) is 19.8 Å². The van der Waals surface area contributed by atoms with Crippen molar-refractivity contribution >= 4 is 17.7 Å². The zero-order valence-corrected chi connectivity index (χ0v) is 9.40. The van der Waals surface area contributed by atoms with Crippen molar-refractivity contribution in [1.82, 2.24) is 10.6 Å². The molecule has 0 saturated carbocycles. The lowest BCUT2D eigenvalue weighted by molar-refractivity contribution is -0.124. The van der Waals surface area contributed by atoms with Gasteiger partial charge in [-0.2, -0.15) is 11.8 Å². The molecule has 0 aromatic carbocycles. The first-order valence-electron chi connectivity index (χ1n) is 5.39. The maximum Gasteiger partial charge on any atom is 0.237 e. The van der Waals surface area contributed by atoms with Crippen molar-refractivity contribution in [2.45, 2.75) is 31.8 Å². The van der Waals surface area contributed by atoms with Crippen molar-refractivity contribution in [1.29, 1.82) is 0 Å². The highest BCUT2D eigenvalue weighted by atomic mass is 32.2. The Balaban J connectivity index is 1.82. The lowest BCUT2D eigenvalue weighted by atomic mass is 10.0. The molecule has 2 heterocycles. The van der Waals surface area contributed by atoms with Crippen molar-refractivity contribution in [3.05, 3.63) is 0 Å². The number of nitrogens with one attached hydrogen (secondary N) is 2. The van der Waals surface area contributed by atoms with Gasteiger partial charge in [0.2, 0.25) is 5.91 Å². The van der Waals surface area contributed by atoms with Crippen LogP contribution in [0.4, 0.5) is 0 Å². The second-order valence-electron chi connectivity index (χ2n) is 4.27. The molecular formula is C10H18N2OS. The summed E-state index contributed by atoms with van der Waals surface area (Å²) in [7, 11) is 0. The number of hydrogen-bond donors (Lipinski definition) is 2. The Bertz CT molecular complexity index is 216. The van der Waals surface area contributed by atoms with Crippen LogP contribution in [0, 0.1) is 5.92 Å². The van der Waals surface area contributed by atoms with Crippen LogP contribution < -0.4 is 10.6 Å². The van der Waals surface area contributed by atoms with Crippen LogP contribution in [0.2, 0.25) is 0 Å². The molecule has 14 heavy (non-hydrogen) atoms. The van der Waals surface area contributed by atoms with Gasteiger partial charge in [0.1, 0.15) is 0 Å². The monoisotopic (exact) mass is 214 g/mol. The Morgan fingerprint density at radius 3 is 2.93 bits per heavy atom. The van der Waals surface area contributed by atoms with Gasteiger partial charge in [-0.1, -0.05) is 6.92 Å². The minimum Gasteiger partial charge on any atom is -0.351 e. The van der Waals surface area contributed by atoms with Gasteiger partial charge in [-0.25, -0.2) is 0 Å². The van der Waals surface area contributed by atoms with E-state index in [1.54, 1.807) is 0 Å². The van der Waals surface area contributed by atoms with E-state index in [0.29, 0.717) is 12.0 Å². The summed E-state index contributed by atoms with van der Waals surface area (Å²) in [6, 6.07) is 0.475. The molecule has 2 fully saturated rings. The fourth-order valence-electron chi connectivity index (χ4n) is 2.12. The molecule has 3 unspecified atom stereocenters. The van der Waals surface area contributed by atoms with Crippen LogP contribution in [0.25, 0.3) is 0 Å². The van der Waals surface area contributed by atoms with Gasteiger partial charge in [0, 0.05) is 11.8 Å². The Hall–Kier alpha value is -0.220. The Morgan fingerprint density at radius 1 is 1.50 bits per heavy atom. The highest BCUT2D eigenvalue weighted by Crippen LogP contribution is 2.19.